The first-order valence-corrected chi connectivity index (χ1v) is 10.3. The first-order valence-electron chi connectivity index (χ1n) is 9.12. The number of nitrogens with one attached hydrogen (secondary N) is 2. The van der Waals surface area contributed by atoms with Crippen LogP contribution in [0.15, 0.2) is 24.3 Å². The lowest BCUT2D eigenvalue weighted by molar-refractivity contribution is -0.130. The van der Waals surface area contributed by atoms with Crippen LogP contribution >= 0.6 is 36.6 Å². The molecule has 2 heterocycles. The van der Waals surface area contributed by atoms with E-state index in [-0.39, 0.29) is 30.7 Å². The summed E-state index contributed by atoms with van der Waals surface area (Å²) in [7, 11) is 1.68. The average molecular weight is 436 g/mol. The number of amides is 1. The van der Waals surface area contributed by atoms with Crippen molar-refractivity contribution in [2.75, 3.05) is 56.7 Å². The van der Waals surface area contributed by atoms with E-state index in [0.29, 0.717) is 6.61 Å². The molecular weight excluding hydrogens is 405 g/mol. The van der Waals surface area contributed by atoms with Crippen LogP contribution in [-0.2, 0) is 16.1 Å². The summed E-state index contributed by atoms with van der Waals surface area (Å²) < 4.78 is 5.37. The lowest BCUT2D eigenvalue weighted by atomic mass is 9.78. The predicted octanol–water partition coefficient (Wildman–Crippen LogP) is 3.03. The maximum Gasteiger partial charge on any atom is 0.233 e. The molecule has 3 rings (SSSR count). The molecule has 1 amide bonds. The van der Waals surface area contributed by atoms with E-state index in [0.717, 1.165) is 51.3 Å². The summed E-state index contributed by atoms with van der Waals surface area (Å²) in [6.45, 7) is 5.45. The number of piperidine rings is 1. The van der Waals surface area contributed by atoms with E-state index in [9.17, 15) is 4.79 Å². The normalized spacial score (nSPS) is 19.4. The Bertz CT molecular complexity index is 574. The van der Waals surface area contributed by atoms with Crippen molar-refractivity contribution in [2.45, 2.75) is 19.4 Å². The molecule has 0 unspecified atom stereocenters. The Balaban J connectivity index is 0.00000182. The first-order chi connectivity index (χ1) is 12.2. The second-order valence-electron chi connectivity index (χ2n) is 7.01. The van der Waals surface area contributed by atoms with Crippen LogP contribution in [0.25, 0.3) is 0 Å². The molecule has 1 aromatic carbocycles. The van der Waals surface area contributed by atoms with E-state index in [1.54, 1.807) is 7.11 Å². The Labute approximate surface area is 179 Å². The van der Waals surface area contributed by atoms with Crippen LogP contribution < -0.4 is 10.6 Å². The standard InChI is InChI=1S/C19H29N3O2S.2ClH/c1-24-15-19(5-7-20-8-6-19)18(23)21-17-4-2-3-16(13-17)14-22-9-11-25-12-10-22;;/h2-4,13,20H,5-12,14-15H2,1H3,(H,21,23);2*1H. The summed E-state index contributed by atoms with van der Waals surface area (Å²) in [5.74, 6) is 2.51. The third kappa shape index (κ3) is 6.80. The highest BCUT2D eigenvalue weighted by molar-refractivity contribution is 7.99. The van der Waals surface area contributed by atoms with Gasteiger partial charge in [0.25, 0.3) is 0 Å². The van der Waals surface area contributed by atoms with Crippen molar-refractivity contribution in [1.29, 1.82) is 0 Å². The van der Waals surface area contributed by atoms with Crippen LogP contribution in [0.5, 0.6) is 0 Å². The van der Waals surface area contributed by atoms with Gasteiger partial charge >= 0.3 is 0 Å². The fraction of sp³-hybridized carbons (Fsp3) is 0.632. The monoisotopic (exact) mass is 435 g/mol. The van der Waals surface area contributed by atoms with Crippen molar-refractivity contribution < 1.29 is 9.53 Å². The molecule has 2 aliphatic heterocycles. The predicted molar refractivity (Wildman–Crippen MR) is 119 cm³/mol. The second-order valence-corrected chi connectivity index (χ2v) is 8.23. The van der Waals surface area contributed by atoms with Crippen molar-refractivity contribution in [3.05, 3.63) is 29.8 Å². The largest absolute Gasteiger partial charge is 0.384 e. The lowest BCUT2D eigenvalue weighted by Crippen LogP contribution is -2.47. The Hall–Kier alpha value is -0.500. The quantitative estimate of drug-likeness (QED) is 0.718. The molecule has 0 aromatic heterocycles. The second kappa shape index (κ2) is 12.1. The molecule has 0 aliphatic carbocycles. The van der Waals surface area contributed by atoms with Gasteiger partial charge in [0.1, 0.15) is 0 Å². The number of ether oxygens (including phenoxy) is 1. The number of carbonyl (C=O) groups is 1. The highest BCUT2D eigenvalue weighted by Gasteiger charge is 2.39. The van der Waals surface area contributed by atoms with Crippen molar-refractivity contribution in [3.63, 3.8) is 0 Å². The molecule has 8 heteroatoms. The highest BCUT2D eigenvalue weighted by atomic mass is 35.5. The minimum Gasteiger partial charge on any atom is -0.384 e. The Morgan fingerprint density at radius 1 is 1.26 bits per heavy atom. The Morgan fingerprint density at radius 3 is 2.63 bits per heavy atom. The molecule has 2 N–H and O–H groups in total. The van der Waals surface area contributed by atoms with Gasteiger partial charge < -0.3 is 15.4 Å². The van der Waals surface area contributed by atoms with Gasteiger partial charge in [-0.05, 0) is 43.6 Å². The van der Waals surface area contributed by atoms with Gasteiger partial charge in [0, 0.05) is 43.9 Å². The molecule has 0 saturated carbocycles. The smallest absolute Gasteiger partial charge is 0.233 e. The number of rotatable bonds is 6. The third-order valence-electron chi connectivity index (χ3n) is 5.16. The molecule has 1 aromatic rings. The molecular formula is C19H31Cl2N3O2S. The van der Waals surface area contributed by atoms with Crippen LogP contribution in [0, 0.1) is 5.41 Å². The minimum absolute atomic E-state index is 0. The van der Waals surface area contributed by atoms with Gasteiger partial charge in [0.2, 0.25) is 5.91 Å². The number of hydrogen-bond donors (Lipinski definition) is 2. The van der Waals surface area contributed by atoms with Crippen LogP contribution in [0.3, 0.4) is 0 Å². The summed E-state index contributed by atoms with van der Waals surface area (Å²) in [6.07, 6.45) is 1.63. The summed E-state index contributed by atoms with van der Waals surface area (Å²) >= 11 is 2.03. The summed E-state index contributed by atoms with van der Waals surface area (Å²) in [6, 6.07) is 8.28. The molecule has 0 atom stereocenters. The van der Waals surface area contributed by atoms with Gasteiger partial charge in [-0.3, -0.25) is 9.69 Å². The molecule has 2 saturated heterocycles. The maximum absolute atomic E-state index is 12.9. The third-order valence-corrected chi connectivity index (χ3v) is 6.10. The molecule has 2 aliphatic rings. The number of carbonyl (C=O) groups excluding carboxylic acids is 1. The van der Waals surface area contributed by atoms with Gasteiger partial charge in [-0.1, -0.05) is 12.1 Å². The molecule has 154 valence electrons. The summed E-state index contributed by atoms with van der Waals surface area (Å²) in [5, 5.41) is 6.47. The number of anilines is 1. The molecule has 0 radical (unpaired) electrons. The molecule has 27 heavy (non-hydrogen) atoms. The topological polar surface area (TPSA) is 53.6 Å². The van der Waals surface area contributed by atoms with Gasteiger partial charge in [0.15, 0.2) is 0 Å². The van der Waals surface area contributed by atoms with Crippen LogP contribution in [0.4, 0.5) is 5.69 Å². The summed E-state index contributed by atoms with van der Waals surface area (Å²) in [4.78, 5) is 15.4. The van der Waals surface area contributed by atoms with Crippen LogP contribution in [-0.4, -0.2) is 62.2 Å². The van der Waals surface area contributed by atoms with Gasteiger partial charge in [-0.15, -0.1) is 24.8 Å². The van der Waals surface area contributed by atoms with Crippen molar-refractivity contribution in [1.82, 2.24) is 10.2 Å². The minimum atomic E-state index is -0.417. The SMILES string of the molecule is COCC1(C(=O)Nc2cccc(CN3CCSCC3)c2)CCNCC1.Cl.Cl. The average Bonchev–Trinajstić information content (AvgIpc) is 2.64. The molecule has 2 fully saturated rings. The zero-order chi connectivity index (χ0) is 17.5. The Morgan fingerprint density at radius 2 is 1.96 bits per heavy atom. The number of nitrogens with zero attached hydrogens (tertiary/aromatic N) is 1. The Kier molecular flexibility index (Phi) is 11.0. The van der Waals surface area contributed by atoms with Gasteiger partial charge in [-0.25, -0.2) is 0 Å². The van der Waals surface area contributed by atoms with E-state index in [1.165, 1.54) is 17.1 Å². The summed E-state index contributed by atoms with van der Waals surface area (Å²) in [5.41, 5.74) is 1.74. The van der Waals surface area contributed by atoms with E-state index in [1.807, 2.05) is 23.9 Å². The van der Waals surface area contributed by atoms with Gasteiger partial charge in [0.05, 0.1) is 12.0 Å². The van der Waals surface area contributed by atoms with E-state index in [4.69, 9.17) is 4.74 Å². The number of methoxy groups -OCH3 is 1. The maximum atomic E-state index is 12.9. The molecule has 0 bridgehead atoms. The number of thioether (sulfide) groups is 1. The van der Waals surface area contributed by atoms with E-state index >= 15 is 0 Å². The number of halogens is 2. The fourth-order valence-corrected chi connectivity index (χ4v) is 4.63. The highest BCUT2D eigenvalue weighted by Crippen LogP contribution is 2.31. The van der Waals surface area contributed by atoms with Crippen LogP contribution in [0.2, 0.25) is 0 Å². The zero-order valence-corrected chi connectivity index (χ0v) is 18.3. The first kappa shape index (κ1) is 24.5. The van der Waals surface area contributed by atoms with Crippen molar-refractivity contribution in [2.24, 2.45) is 5.41 Å². The van der Waals surface area contributed by atoms with Crippen molar-refractivity contribution >= 4 is 48.2 Å². The molecule has 5 nitrogen and oxygen atoms in total. The van der Waals surface area contributed by atoms with Crippen LogP contribution in [0.1, 0.15) is 18.4 Å². The molecule has 0 spiro atoms. The van der Waals surface area contributed by atoms with Gasteiger partial charge in [-0.2, -0.15) is 11.8 Å². The fourth-order valence-electron chi connectivity index (χ4n) is 3.65. The van der Waals surface area contributed by atoms with E-state index < -0.39 is 5.41 Å². The van der Waals surface area contributed by atoms with Crippen molar-refractivity contribution in [3.8, 4) is 0 Å². The lowest BCUT2D eigenvalue weighted by Gasteiger charge is -2.35. The number of benzene rings is 1. The zero-order valence-electron chi connectivity index (χ0n) is 15.9. The van der Waals surface area contributed by atoms with E-state index in [2.05, 4.69) is 27.7 Å². The number of hydrogen-bond acceptors (Lipinski definition) is 5.